The third kappa shape index (κ3) is 1.73. The standard InChI is InChI=1S/C22H14N4/c1-5-15-7-3-11-19-21(15)17(9-1)23-13-25(19)26-14-24-18-10-2-6-16-8-4-12-20(26)22(16)18/h1-14H. The number of hydrogen-bond acceptors (Lipinski definition) is 4. The van der Waals surface area contributed by atoms with Crippen molar-refractivity contribution in [3.8, 4) is 0 Å². The lowest BCUT2D eigenvalue weighted by atomic mass is 10.0. The van der Waals surface area contributed by atoms with Gasteiger partial charge in [-0.15, -0.1) is 0 Å². The summed E-state index contributed by atoms with van der Waals surface area (Å²) in [4.78, 5) is 9.37. The van der Waals surface area contributed by atoms with Crippen LogP contribution in [0.4, 0.5) is 22.7 Å². The monoisotopic (exact) mass is 334 g/mol. The second-order valence-electron chi connectivity index (χ2n) is 6.48. The Morgan fingerprint density at radius 2 is 0.923 bits per heavy atom. The largest absolute Gasteiger partial charge is 0.236 e. The van der Waals surface area contributed by atoms with Crippen LogP contribution in [-0.2, 0) is 0 Å². The van der Waals surface area contributed by atoms with E-state index in [2.05, 4.69) is 80.7 Å². The van der Waals surface area contributed by atoms with Gasteiger partial charge in [0.15, 0.2) is 0 Å². The van der Waals surface area contributed by atoms with Crippen LogP contribution >= 0.6 is 0 Å². The number of benzene rings is 4. The Hall–Kier alpha value is -3.66. The molecule has 6 rings (SSSR count). The minimum atomic E-state index is 1.00. The second kappa shape index (κ2) is 4.92. The minimum Gasteiger partial charge on any atom is -0.236 e. The molecule has 0 N–H and O–H groups in total. The molecule has 4 nitrogen and oxygen atoms in total. The Labute approximate surface area is 150 Å². The van der Waals surface area contributed by atoms with Gasteiger partial charge in [-0.25, -0.2) is 20.0 Å². The van der Waals surface area contributed by atoms with E-state index in [0.29, 0.717) is 0 Å². The summed E-state index contributed by atoms with van der Waals surface area (Å²) in [6.07, 6.45) is 3.74. The van der Waals surface area contributed by atoms with Gasteiger partial charge < -0.3 is 0 Å². The molecule has 2 aliphatic rings. The smallest absolute Gasteiger partial charge is 0.116 e. The van der Waals surface area contributed by atoms with Crippen molar-refractivity contribution in [2.24, 2.45) is 9.98 Å². The van der Waals surface area contributed by atoms with E-state index in [0.717, 1.165) is 33.5 Å². The molecule has 2 aliphatic heterocycles. The van der Waals surface area contributed by atoms with Gasteiger partial charge in [-0.2, -0.15) is 0 Å². The van der Waals surface area contributed by atoms with E-state index in [9.17, 15) is 0 Å². The van der Waals surface area contributed by atoms with Gasteiger partial charge in [0.05, 0.1) is 22.7 Å². The van der Waals surface area contributed by atoms with Gasteiger partial charge in [-0.3, -0.25) is 0 Å². The molecule has 0 saturated carbocycles. The van der Waals surface area contributed by atoms with Crippen molar-refractivity contribution < 1.29 is 0 Å². The zero-order valence-corrected chi connectivity index (χ0v) is 13.9. The molecule has 26 heavy (non-hydrogen) atoms. The lowest BCUT2D eigenvalue weighted by Crippen LogP contribution is -2.43. The highest BCUT2D eigenvalue weighted by Crippen LogP contribution is 2.42. The Bertz CT molecular complexity index is 1150. The van der Waals surface area contributed by atoms with Crippen LogP contribution < -0.4 is 10.0 Å². The lowest BCUT2D eigenvalue weighted by Gasteiger charge is -2.36. The molecule has 4 aromatic carbocycles. The highest BCUT2D eigenvalue weighted by Gasteiger charge is 2.24. The number of hydrazine groups is 1. The maximum absolute atomic E-state index is 4.69. The zero-order valence-electron chi connectivity index (χ0n) is 13.9. The van der Waals surface area contributed by atoms with Crippen LogP contribution in [0.5, 0.6) is 0 Å². The molecule has 2 heterocycles. The molecule has 0 amide bonds. The first-order valence-electron chi connectivity index (χ1n) is 8.60. The van der Waals surface area contributed by atoms with Crippen molar-refractivity contribution in [3.05, 3.63) is 72.8 Å². The molecule has 0 spiro atoms. The Morgan fingerprint density at radius 1 is 0.500 bits per heavy atom. The summed E-state index contributed by atoms with van der Waals surface area (Å²) in [5.74, 6) is 0. The number of hydrogen-bond donors (Lipinski definition) is 0. The number of rotatable bonds is 1. The van der Waals surface area contributed by atoms with Gasteiger partial charge in [0.2, 0.25) is 0 Å². The number of aliphatic imine (C=N–C) groups is 2. The molecule has 0 saturated heterocycles. The predicted octanol–water partition coefficient (Wildman–Crippen LogP) is 5.57. The first kappa shape index (κ1) is 13.6. The van der Waals surface area contributed by atoms with Gasteiger partial charge >= 0.3 is 0 Å². The van der Waals surface area contributed by atoms with Crippen LogP contribution in [-0.4, -0.2) is 12.7 Å². The molecule has 0 atom stereocenters. The van der Waals surface area contributed by atoms with E-state index >= 15 is 0 Å². The molecule has 0 aliphatic carbocycles. The van der Waals surface area contributed by atoms with E-state index in [1.165, 1.54) is 10.8 Å². The van der Waals surface area contributed by atoms with Crippen LogP contribution in [0.2, 0.25) is 0 Å². The van der Waals surface area contributed by atoms with E-state index in [1.54, 1.807) is 0 Å². The van der Waals surface area contributed by atoms with Gasteiger partial charge in [-0.05, 0) is 35.0 Å². The summed E-state index contributed by atoms with van der Waals surface area (Å²) in [7, 11) is 0. The Kier molecular flexibility index (Phi) is 2.58. The summed E-state index contributed by atoms with van der Waals surface area (Å²) >= 11 is 0. The molecular weight excluding hydrogens is 320 g/mol. The van der Waals surface area contributed by atoms with Gasteiger partial charge in [0.25, 0.3) is 0 Å². The van der Waals surface area contributed by atoms with Crippen molar-refractivity contribution in [2.45, 2.75) is 0 Å². The predicted molar refractivity (Wildman–Crippen MR) is 109 cm³/mol. The molecule has 0 radical (unpaired) electrons. The Balaban J connectivity index is 1.60. The van der Waals surface area contributed by atoms with E-state index in [-0.39, 0.29) is 0 Å². The topological polar surface area (TPSA) is 31.2 Å². The number of anilines is 2. The van der Waals surface area contributed by atoms with Crippen LogP contribution in [0.3, 0.4) is 0 Å². The normalized spacial score (nSPS) is 14.5. The second-order valence-corrected chi connectivity index (χ2v) is 6.48. The summed E-state index contributed by atoms with van der Waals surface area (Å²) in [5.41, 5.74) is 4.22. The van der Waals surface area contributed by atoms with Crippen LogP contribution in [0.15, 0.2) is 82.8 Å². The highest BCUT2D eigenvalue weighted by molar-refractivity contribution is 6.16. The van der Waals surface area contributed by atoms with E-state index in [4.69, 9.17) is 0 Å². The average Bonchev–Trinajstić information content (AvgIpc) is 2.70. The third-order valence-corrected chi connectivity index (χ3v) is 5.06. The molecule has 0 unspecified atom stereocenters. The van der Waals surface area contributed by atoms with E-state index < -0.39 is 0 Å². The lowest BCUT2D eigenvalue weighted by molar-refractivity contribution is 1.08. The van der Waals surface area contributed by atoms with Crippen molar-refractivity contribution >= 4 is 57.0 Å². The molecule has 122 valence electrons. The third-order valence-electron chi connectivity index (χ3n) is 5.06. The quantitative estimate of drug-likeness (QED) is 0.456. The molecule has 0 bridgehead atoms. The average molecular weight is 334 g/mol. The van der Waals surface area contributed by atoms with E-state index in [1.807, 2.05) is 24.8 Å². The highest BCUT2D eigenvalue weighted by atomic mass is 15.6. The molecule has 4 heteroatoms. The zero-order chi connectivity index (χ0) is 17.1. The first-order valence-corrected chi connectivity index (χ1v) is 8.60. The molecular formula is C22H14N4. The van der Waals surface area contributed by atoms with Crippen molar-refractivity contribution in [3.63, 3.8) is 0 Å². The van der Waals surface area contributed by atoms with Crippen LogP contribution in [0.25, 0.3) is 21.5 Å². The van der Waals surface area contributed by atoms with Crippen molar-refractivity contribution in [1.82, 2.24) is 0 Å². The van der Waals surface area contributed by atoms with Crippen molar-refractivity contribution in [2.75, 3.05) is 10.0 Å². The summed E-state index contributed by atoms with van der Waals surface area (Å²) in [5, 5.41) is 8.85. The fourth-order valence-electron chi connectivity index (χ4n) is 3.90. The molecule has 4 aromatic rings. The first-order chi connectivity index (χ1) is 12.9. The summed E-state index contributed by atoms with van der Waals surface area (Å²) < 4.78 is 0. The molecule has 0 fully saturated rings. The fourth-order valence-corrected chi connectivity index (χ4v) is 3.90. The number of nitrogens with zero attached hydrogens (tertiary/aromatic N) is 4. The Morgan fingerprint density at radius 3 is 1.38 bits per heavy atom. The SMILES string of the molecule is C1=Nc2cccc3cccc(c23)N1N1C=Nc2cccc3cccc1c23. The maximum atomic E-state index is 4.69. The van der Waals surface area contributed by atoms with Crippen LogP contribution in [0, 0.1) is 0 Å². The van der Waals surface area contributed by atoms with Crippen molar-refractivity contribution in [1.29, 1.82) is 0 Å². The maximum Gasteiger partial charge on any atom is 0.116 e. The van der Waals surface area contributed by atoms with Gasteiger partial charge in [-0.1, -0.05) is 48.5 Å². The van der Waals surface area contributed by atoms with Crippen LogP contribution in [0.1, 0.15) is 0 Å². The van der Waals surface area contributed by atoms with Gasteiger partial charge in [0.1, 0.15) is 12.7 Å². The minimum absolute atomic E-state index is 1.00. The fraction of sp³-hybridized carbons (Fsp3) is 0. The summed E-state index contributed by atoms with van der Waals surface area (Å²) in [6, 6.07) is 25.2. The van der Waals surface area contributed by atoms with Gasteiger partial charge in [0, 0.05) is 10.8 Å². The molecule has 0 aromatic heterocycles. The summed E-state index contributed by atoms with van der Waals surface area (Å²) in [6.45, 7) is 0.